The van der Waals surface area contributed by atoms with E-state index >= 15 is 0 Å². The highest BCUT2D eigenvalue weighted by Crippen LogP contribution is 2.16. The van der Waals surface area contributed by atoms with Crippen LogP contribution in [-0.2, 0) is 6.42 Å². The monoisotopic (exact) mass is 248 g/mol. The van der Waals surface area contributed by atoms with Crippen LogP contribution in [-0.4, -0.2) is 47.4 Å². The minimum Gasteiger partial charge on any atom is -0.395 e. The molecule has 1 aromatic rings. The molecule has 0 spiro atoms. The molecule has 0 amide bonds. The second kappa shape index (κ2) is 6.56. The summed E-state index contributed by atoms with van der Waals surface area (Å²) < 4.78 is 36.7. The summed E-state index contributed by atoms with van der Waals surface area (Å²) in [5.41, 5.74) is 0.887. The van der Waals surface area contributed by atoms with Gasteiger partial charge >= 0.3 is 6.18 Å². The largest absolute Gasteiger partial charge is 0.401 e. The zero-order valence-electron chi connectivity index (χ0n) is 9.32. The first-order chi connectivity index (χ1) is 8.01. The van der Waals surface area contributed by atoms with Gasteiger partial charge in [0.25, 0.3) is 0 Å². The molecule has 1 aromatic heterocycles. The molecule has 0 aromatic carbocycles. The van der Waals surface area contributed by atoms with Crippen LogP contribution in [0.4, 0.5) is 13.2 Å². The Labute approximate surface area is 97.9 Å². The van der Waals surface area contributed by atoms with Crippen molar-refractivity contribution >= 4 is 0 Å². The highest BCUT2D eigenvalue weighted by molar-refractivity contribution is 5.08. The molecule has 0 aliphatic carbocycles. The van der Waals surface area contributed by atoms with Crippen LogP contribution < -0.4 is 0 Å². The summed E-state index contributed by atoms with van der Waals surface area (Å²) in [6.45, 7) is -0.984. The number of rotatable bonds is 6. The maximum atomic E-state index is 12.2. The van der Waals surface area contributed by atoms with E-state index in [0.29, 0.717) is 6.42 Å². The zero-order valence-corrected chi connectivity index (χ0v) is 9.32. The summed E-state index contributed by atoms with van der Waals surface area (Å²) in [5.74, 6) is 0. The Morgan fingerprint density at radius 1 is 1.29 bits per heavy atom. The van der Waals surface area contributed by atoms with Crippen molar-refractivity contribution in [3.8, 4) is 0 Å². The fourth-order valence-electron chi connectivity index (χ4n) is 1.50. The molecule has 3 nitrogen and oxygen atoms in total. The Kier molecular flexibility index (Phi) is 5.37. The lowest BCUT2D eigenvalue weighted by atomic mass is 10.2. The quantitative estimate of drug-likeness (QED) is 0.828. The van der Waals surface area contributed by atoms with Crippen molar-refractivity contribution in [1.82, 2.24) is 9.88 Å². The minimum absolute atomic E-state index is 0.0276. The lowest BCUT2D eigenvalue weighted by Crippen LogP contribution is -2.37. The molecular formula is C11H15F3N2O. The van der Waals surface area contributed by atoms with Gasteiger partial charge in [-0.05, 0) is 18.1 Å². The summed E-state index contributed by atoms with van der Waals surface area (Å²) in [6, 6.07) is 3.56. The van der Waals surface area contributed by atoms with E-state index in [1.807, 2.05) is 6.07 Å². The molecule has 6 heteroatoms. The van der Waals surface area contributed by atoms with Gasteiger partial charge < -0.3 is 5.11 Å². The molecule has 0 bridgehead atoms. The first-order valence-electron chi connectivity index (χ1n) is 5.30. The molecule has 0 fully saturated rings. The van der Waals surface area contributed by atoms with Crippen molar-refractivity contribution < 1.29 is 18.3 Å². The number of aromatic nitrogens is 1. The highest BCUT2D eigenvalue weighted by atomic mass is 19.4. The van der Waals surface area contributed by atoms with Gasteiger partial charge in [-0.25, -0.2) is 0 Å². The molecule has 1 heterocycles. The fourth-order valence-corrected chi connectivity index (χ4v) is 1.50. The fraction of sp³-hybridized carbons (Fsp3) is 0.545. The Bertz CT molecular complexity index is 316. The summed E-state index contributed by atoms with van der Waals surface area (Å²) in [7, 11) is 0. The van der Waals surface area contributed by atoms with E-state index in [-0.39, 0.29) is 19.7 Å². The van der Waals surface area contributed by atoms with E-state index in [0.717, 1.165) is 5.56 Å². The summed E-state index contributed by atoms with van der Waals surface area (Å²) in [4.78, 5) is 5.08. The number of aliphatic hydroxyl groups is 1. The van der Waals surface area contributed by atoms with E-state index in [4.69, 9.17) is 5.11 Å². The van der Waals surface area contributed by atoms with Crippen molar-refractivity contribution in [3.05, 3.63) is 30.1 Å². The van der Waals surface area contributed by atoms with Crippen LogP contribution in [0, 0.1) is 0 Å². The number of pyridine rings is 1. The molecule has 1 rings (SSSR count). The summed E-state index contributed by atoms with van der Waals surface area (Å²) in [6.07, 6.45) is -0.497. The van der Waals surface area contributed by atoms with Crippen LogP contribution in [0.2, 0.25) is 0 Å². The third kappa shape index (κ3) is 6.23. The number of halogens is 3. The zero-order chi connectivity index (χ0) is 12.7. The second-order valence-corrected chi connectivity index (χ2v) is 3.73. The molecule has 0 saturated carbocycles. The predicted molar refractivity (Wildman–Crippen MR) is 57.5 cm³/mol. The third-order valence-corrected chi connectivity index (χ3v) is 2.26. The molecule has 96 valence electrons. The van der Waals surface area contributed by atoms with Gasteiger partial charge in [0, 0.05) is 25.5 Å². The maximum absolute atomic E-state index is 12.2. The molecule has 17 heavy (non-hydrogen) atoms. The first-order valence-corrected chi connectivity index (χ1v) is 5.30. The van der Waals surface area contributed by atoms with Crippen LogP contribution in [0.15, 0.2) is 24.5 Å². The van der Waals surface area contributed by atoms with Gasteiger partial charge in [0.05, 0.1) is 13.2 Å². The van der Waals surface area contributed by atoms with Gasteiger partial charge in [-0.2, -0.15) is 13.2 Å². The average Bonchev–Trinajstić information content (AvgIpc) is 2.26. The van der Waals surface area contributed by atoms with E-state index in [9.17, 15) is 13.2 Å². The molecule has 0 unspecified atom stereocenters. The third-order valence-electron chi connectivity index (χ3n) is 2.26. The number of nitrogens with zero attached hydrogens (tertiary/aromatic N) is 2. The normalized spacial score (nSPS) is 12.1. The molecule has 0 saturated heterocycles. The molecule has 0 atom stereocenters. The number of hydrogen-bond acceptors (Lipinski definition) is 3. The molecule has 1 N–H and O–H groups in total. The van der Waals surface area contributed by atoms with Crippen LogP contribution in [0.3, 0.4) is 0 Å². The minimum atomic E-state index is -4.23. The number of aliphatic hydroxyl groups excluding tert-OH is 1. The van der Waals surface area contributed by atoms with E-state index < -0.39 is 12.7 Å². The van der Waals surface area contributed by atoms with E-state index in [1.54, 1.807) is 18.5 Å². The molecular weight excluding hydrogens is 233 g/mol. The van der Waals surface area contributed by atoms with Crippen molar-refractivity contribution in [3.63, 3.8) is 0 Å². The van der Waals surface area contributed by atoms with Gasteiger partial charge in [0.2, 0.25) is 0 Å². The Hall–Kier alpha value is -1.14. The van der Waals surface area contributed by atoms with Crippen molar-refractivity contribution in [2.45, 2.75) is 12.6 Å². The topological polar surface area (TPSA) is 36.4 Å². The predicted octanol–water partition coefficient (Wildman–Crippen LogP) is 1.48. The molecule has 0 aliphatic heterocycles. The van der Waals surface area contributed by atoms with Crippen molar-refractivity contribution in [2.75, 3.05) is 26.2 Å². The molecule has 0 radical (unpaired) electrons. The summed E-state index contributed by atoms with van der Waals surface area (Å²) in [5, 5.41) is 8.71. The lowest BCUT2D eigenvalue weighted by Gasteiger charge is -2.22. The van der Waals surface area contributed by atoms with E-state index in [2.05, 4.69) is 4.98 Å². The van der Waals surface area contributed by atoms with Crippen LogP contribution in [0.5, 0.6) is 0 Å². The Morgan fingerprint density at radius 2 is 2.06 bits per heavy atom. The Morgan fingerprint density at radius 3 is 2.59 bits per heavy atom. The maximum Gasteiger partial charge on any atom is 0.401 e. The van der Waals surface area contributed by atoms with Gasteiger partial charge in [-0.3, -0.25) is 9.88 Å². The highest BCUT2D eigenvalue weighted by Gasteiger charge is 2.30. The van der Waals surface area contributed by atoms with E-state index in [1.165, 1.54) is 4.90 Å². The van der Waals surface area contributed by atoms with Gasteiger partial charge in [0.1, 0.15) is 0 Å². The number of hydrogen-bond donors (Lipinski definition) is 1. The molecule has 0 aliphatic rings. The summed E-state index contributed by atoms with van der Waals surface area (Å²) >= 11 is 0. The van der Waals surface area contributed by atoms with Crippen LogP contribution in [0.25, 0.3) is 0 Å². The van der Waals surface area contributed by atoms with Gasteiger partial charge in [-0.15, -0.1) is 0 Å². The first kappa shape index (κ1) is 13.9. The number of alkyl halides is 3. The Balaban J connectivity index is 2.44. The smallest absolute Gasteiger partial charge is 0.395 e. The van der Waals surface area contributed by atoms with Gasteiger partial charge in [-0.1, -0.05) is 6.07 Å². The SMILES string of the molecule is OCCN(CCc1cccnc1)CC(F)(F)F. The second-order valence-electron chi connectivity index (χ2n) is 3.73. The van der Waals surface area contributed by atoms with Crippen LogP contribution >= 0.6 is 0 Å². The average molecular weight is 248 g/mol. The van der Waals surface area contributed by atoms with Gasteiger partial charge in [0.15, 0.2) is 0 Å². The standard InChI is InChI=1S/C11H15F3N2O/c12-11(13,14)9-16(6-7-17)5-3-10-2-1-4-15-8-10/h1-2,4,8,17H,3,5-7,9H2. The van der Waals surface area contributed by atoms with Crippen LogP contribution in [0.1, 0.15) is 5.56 Å². The van der Waals surface area contributed by atoms with Crippen molar-refractivity contribution in [2.24, 2.45) is 0 Å². The lowest BCUT2D eigenvalue weighted by molar-refractivity contribution is -0.146. The van der Waals surface area contributed by atoms with Crippen molar-refractivity contribution in [1.29, 1.82) is 0 Å².